The van der Waals surface area contributed by atoms with Gasteiger partial charge in [0.2, 0.25) is 0 Å². The van der Waals surface area contributed by atoms with Crippen LogP contribution in [0.4, 0.5) is 5.69 Å². The molecule has 0 fully saturated rings. The maximum absolute atomic E-state index is 12.3. The lowest BCUT2D eigenvalue weighted by Gasteiger charge is -2.09. The molecule has 0 aliphatic heterocycles. The number of para-hydroxylation sites is 1. The van der Waals surface area contributed by atoms with E-state index in [9.17, 15) is 9.59 Å². The van der Waals surface area contributed by atoms with Crippen molar-refractivity contribution in [2.24, 2.45) is 0 Å². The van der Waals surface area contributed by atoms with Crippen molar-refractivity contribution in [3.8, 4) is 5.75 Å². The van der Waals surface area contributed by atoms with Crippen LogP contribution in [0.15, 0.2) is 46.7 Å². The Morgan fingerprint density at radius 1 is 1.36 bits per heavy atom. The first kappa shape index (κ1) is 14.3. The number of carbonyl (C=O) groups excluding carboxylic acids is 1. The second-order valence-electron chi connectivity index (χ2n) is 4.58. The van der Waals surface area contributed by atoms with Crippen LogP contribution in [0.2, 0.25) is 0 Å². The van der Waals surface area contributed by atoms with Crippen molar-refractivity contribution in [1.29, 1.82) is 0 Å². The molecule has 3 rings (SSSR count). The highest BCUT2D eigenvalue weighted by Crippen LogP contribution is 2.13. The third-order valence-electron chi connectivity index (χ3n) is 3.02. The van der Waals surface area contributed by atoms with E-state index in [2.05, 4.69) is 10.3 Å². The lowest BCUT2D eigenvalue weighted by Crippen LogP contribution is -2.27. The summed E-state index contributed by atoms with van der Waals surface area (Å²) in [6, 6.07) is 9.01. The average molecular weight is 315 g/mol. The molecule has 0 radical (unpaired) electrons. The summed E-state index contributed by atoms with van der Waals surface area (Å²) in [5, 5.41) is 4.35. The number of thiazole rings is 1. The number of aromatic nitrogens is 2. The summed E-state index contributed by atoms with van der Waals surface area (Å²) in [6.07, 6.45) is 1.63. The second-order valence-corrected chi connectivity index (χ2v) is 5.46. The van der Waals surface area contributed by atoms with Crippen molar-refractivity contribution in [2.45, 2.75) is 6.92 Å². The van der Waals surface area contributed by atoms with Gasteiger partial charge in [-0.1, -0.05) is 18.2 Å². The number of aryl methyl sites for hydroxylation is 1. The van der Waals surface area contributed by atoms with E-state index in [0.29, 0.717) is 16.4 Å². The van der Waals surface area contributed by atoms with Crippen LogP contribution in [0.5, 0.6) is 5.75 Å². The van der Waals surface area contributed by atoms with Crippen LogP contribution in [0.1, 0.15) is 5.69 Å². The van der Waals surface area contributed by atoms with Crippen LogP contribution in [0.25, 0.3) is 4.96 Å². The van der Waals surface area contributed by atoms with Crippen molar-refractivity contribution < 1.29 is 9.53 Å². The minimum atomic E-state index is -0.402. The first-order valence-electron chi connectivity index (χ1n) is 6.59. The normalized spacial score (nSPS) is 10.6. The topological polar surface area (TPSA) is 72.7 Å². The van der Waals surface area contributed by atoms with Crippen LogP contribution >= 0.6 is 11.3 Å². The number of ether oxygens (including phenoxy) is 1. The van der Waals surface area contributed by atoms with Crippen LogP contribution in [0, 0.1) is 6.92 Å². The minimum absolute atomic E-state index is 0.171. The van der Waals surface area contributed by atoms with Crippen molar-refractivity contribution in [2.75, 3.05) is 11.9 Å². The molecule has 6 nitrogen and oxygen atoms in total. The molecule has 1 amide bonds. The van der Waals surface area contributed by atoms with Gasteiger partial charge in [0, 0.05) is 11.6 Å². The molecule has 0 aliphatic carbocycles. The zero-order chi connectivity index (χ0) is 15.5. The molecule has 0 unspecified atom stereocenters. The van der Waals surface area contributed by atoms with Gasteiger partial charge in [0.25, 0.3) is 11.5 Å². The third-order valence-corrected chi connectivity index (χ3v) is 3.78. The van der Waals surface area contributed by atoms with Gasteiger partial charge in [-0.25, -0.2) is 4.98 Å². The van der Waals surface area contributed by atoms with Gasteiger partial charge in [-0.05, 0) is 19.1 Å². The number of nitrogens with one attached hydrogen (secondary N) is 1. The third kappa shape index (κ3) is 2.84. The Hall–Kier alpha value is -2.67. The molecule has 3 aromatic rings. The molecule has 112 valence electrons. The molecule has 2 aromatic heterocycles. The lowest BCUT2D eigenvalue weighted by atomic mass is 10.3. The van der Waals surface area contributed by atoms with Crippen molar-refractivity contribution in [1.82, 2.24) is 9.38 Å². The fourth-order valence-electron chi connectivity index (χ4n) is 1.97. The maximum Gasteiger partial charge on any atom is 0.282 e. The molecule has 0 atom stereocenters. The van der Waals surface area contributed by atoms with Gasteiger partial charge >= 0.3 is 0 Å². The van der Waals surface area contributed by atoms with E-state index in [1.54, 1.807) is 30.6 Å². The summed E-state index contributed by atoms with van der Waals surface area (Å²) in [6.45, 7) is 1.52. The number of amides is 1. The van der Waals surface area contributed by atoms with E-state index >= 15 is 0 Å². The van der Waals surface area contributed by atoms with Crippen LogP contribution < -0.4 is 15.6 Å². The molecular weight excluding hydrogens is 302 g/mol. The molecule has 1 N–H and O–H groups in total. The number of rotatable bonds is 4. The highest BCUT2D eigenvalue weighted by molar-refractivity contribution is 7.15. The number of nitrogens with zero attached hydrogens (tertiary/aromatic N) is 2. The zero-order valence-corrected chi connectivity index (χ0v) is 12.6. The Kier molecular flexibility index (Phi) is 3.88. The molecule has 22 heavy (non-hydrogen) atoms. The molecule has 0 spiro atoms. The Morgan fingerprint density at radius 3 is 2.91 bits per heavy atom. The molecule has 2 heterocycles. The van der Waals surface area contributed by atoms with Crippen molar-refractivity contribution in [3.63, 3.8) is 0 Å². The monoisotopic (exact) mass is 315 g/mol. The number of hydrogen-bond acceptors (Lipinski definition) is 5. The highest BCUT2D eigenvalue weighted by Gasteiger charge is 2.13. The van der Waals surface area contributed by atoms with Gasteiger partial charge in [0.05, 0.1) is 5.69 Å². The van der Waals surface area contributed by atoms with Gasteiger partial charge in [-0.3, -0.25) is 14.0 Å². The number of carbonyl (C=O) groups is 1. The smallest absolute Gasteiger partial charge is 0.282 e. The summed E-state index contributed by atoms with van der Waals surface area (Å²) in [5.74, 6) is 0.193. The van der Waals surface area contributed by atoms with Crippen LogP contribution in [-0.4, -0.2) is 21.9 Å². The molecule has 0 saturated heterocycles. The van der Waals surface area contributed by atoms with Gasteiger partial charge in [0.1, 0.15) is 11.4 Å². The minimum Gasteiger partial charge on any atom is -0.484 e. The lowest BCUT2D eigenvalue weighted by molar-refractivity contribution is -0.118. The molecular formula is C15H13N3O3S. The van der Waals surface area contributed by atoms with Crippen LogP contribution in [-0.2, 0) is 4.79 Å². The van der Waals surface area contributed by atoms with Crippen LogP contribution in [0.3, 0.4) is 0 Å². The summed E-state index contributed by atoms with van der Waals surface area (Å²) in [7, 11) is 0. The summed E-state index contributed by atoms with van der Waals surface area (Å²) >= 11 is 1.37. The van der Waals surface area contributed by atoms with Crippen molar-refractivity contribution >= 4 is 27.9 Å². The quantitative estimate of drug-likeness (QED) is 0.800. The zero-order valence-electron chi connectivity index (χ0n) is 11.8. The van der Waals surface area contributed by atoms with E-state index in [1.807, 2.05) is 18.2 Å². The number of fused-ring (bicyclic) bond motifs is 1. The standard InChI is InChI=1S/C15H13N3O3S/c1-10-13(14(20)18-7-8-22-15(18)16-10)17-12(19)9-21-11-5-3-2-4-6-11/h2-8H,9H2,1H3,(H,17,19). The largest absolute Gasteiger partial charge is 0.484 e. The first-order valence-corrected chi connectivity index (χ1v) is 7.47. The predicted octanol–water partition coefficient (Wildman–Crippen LogP) is 2.08. The molecule has 0 saturated carbocycles. The summed E-state index contributed by atoms with van der Waals surface area (Å²) in [4.78, 5) is 29.1. The van der Waals surface area contributed by atoms with E-state index < -0.39 is 5.91 Å². The second kappa shape index (κ2) is 5.98. The Bertz CT molecular complexity index is 871. The van der Waals surface area contributed by atoms with E-state index in [4.69, 9.17) is 4.74 Å². The fraction of sp³-hybridized carbons (Fsp3) is 0.133. The van der Waals surface area contributed by atoms with E-state index in [-0.39, 0.29) is 17.9 Å². The van der Waals surface area contributed by atoms with Gasteiger partial charge in [0.15, 0.2) is 11.6 Å². The molecule has 0 bridgehead atoms. The van der Waals surface area contributed by atoms with Gasteiger partial charge in [-0.15, -0.1) is 11.3 Å². The number of benzene rings is 1. The molecule has 7 heteroatoms. The average Bonchev–Trinajstić information content (AvgIpc) is 2.99. The molecule has 0 aliphatic rings. The Morgan fingerprint density at radius 2 is 2.14 bits per heavy atom. The fourth-order valence-corrected chi connectivity index (χ4v) is 2.72. The predicted molar refractivity (Wildman–Crippen MR) is 84.6 cm³/mol. The first-order chi connectivity index (χ1) is 10.6. The van der Waals surface area contributed by atoms with Gasteiger partial charge in [-0.2, -0.15) is 0 Å². The maximum atomic E-state index is 12.3. The summed E-state index contributed by atoms with van der Waals surface area (Å²) < 4.78 is 6.76. The van der Waals surface area contributed by atoms with E-state index in [1.165, 1.54) is 15.7 Å². The Balaban J connectivity index is 1.75. The highest BCUT2D eigenvalue weighted by atomic mass is 32.1. The van der Waals surface area contributed by atoms with Gasteiger partial charge < -0.3 is 10.1 Å². The number of anilines is 1. The SMILES string of the molecule is Cc1nc2sccn2c(=O)c1NC(=O)COc1ccccc1. The number of hydrogen-bond donors (Lipinski definition) is 1. The molecule has 1 aromatic carbocycles. The van der Waals surface area contributed by atoms with Crippen molar-refractivity contribution in [3.05, 3.63) is 58.0 Å². The summed E-state index contributed by atoms with van der Waals surface area (Å²) in [5.41, 5.74) is 0.370. The Labute approximate surface area is 130 Å². The van der Waals surface area contributed by atoms with E-state index in [0.717, 1.165) is 0 Å².